The monoisotopic (exact) mass is 525 g/mol. The van der Waals surface area contributed by atoms with E-state index >= 15 is 0 Å². The molecule has 0 bridgehead atoms. The number of nitrogens with zero attached hydrogens (tertiary/aromatic N) is 2. The number of carbonyl (C=O) groups is 3. The number of amides is 1. The molecule has 11 heteroatoms. The van der Waals surface area contributed by atoms with E-state index in [1.165, 1.54) is 17.0 Å². The van der Waals surface area contributed by atoms with Crippen LogP contribution in [0.4, 0.5) is 10.1 Å². The van der Waals surface area contributed by atoms with Gasteiger partial charge in [-0.15, -0.1) is 0 Å². The van der Waals surface area contributed by atoms with Gasteiger partial charge in [-0.2, -0.15) is 0 Å². The van der Waals surface area contributed by atoms with E-state index in [2.05, 4.69) is 0 Å². The van der Waals surface area contributed by atoms with E-state index in [0.717, 1.165) is 6.07 Å². The molecule has 4 atom stereocenters. The second-order valence-electron chi connectivity index (χ2n) is 10.6. The number of anilines is 1. The van der Waals surface area contributed by atoms with Crippen molar-refractivity contribution in [3.63, 3.8) is 0 Å². The minimum Gasteiger partial charge on any atom is -0.508 e. The minimum atomic E-state index is -2.71. The van der Waals surface area contributed by atoms with Crippen molar-refractivity contribution in [3.05, 3.63) is 52.0 Å². The first-order valence-corrected chi connectivity index (χ1v) is 12.0. The molecule has 0 radical (unpaired) electrons. The van der Waals surface area contributed by atoms with Crippen molar-refractivity contribution < 1.29 is 39.2 Å². The van der Waals surface area contributed by atoms with Gasteiger partial charge < -0.3 is 31.1 Å². The van der Waals surface area contributed by atoms with Gasteiger partial charge >= 0.3 is 0 Å². The number of carbonyl (C=O) groups excluding carboxylic acids is 3. The maximum absolute atomic E-state index is 14.1. The lowest BCUT2D eigenvalue weighted by molar-refractivity contribution is -0.153. The number of aliphatic hydroxyl groups excluding tert-OH is 2. The molecular formula is C27H28FN3O7. The molecule has 6 N–H and O–H groups in total. The zero-order chi connectivity index (χ0) is 28.0. The smallest absolute Gasteiger partial charge is 0.255 e. The molecule has 3 aliphatic carbocycles. The Hall–Kier alpha value is -3.96. The van der Waals surface area contributed by atoms with Gasteiger partial charge in [-0.25, -0.2) is 4.39 Å². The number of phenolic OH excluding ortho intramolecular Hbond substituents is 1. The Bertz CT molecular complexity index is 1530. The van der Waals surface area contributed by atoms with Gasteiger partial charge in [0.25, 0.3) is 5.91 Å². The molecule has 1 fully saturated rings. The molecule has 2 aromatic rings. The SMILES string of the molecule is CN(C)c1c2c(c(O)c3cc(F)ccc13)C(O)=C1C(=O)[C@]3(O)C(O)=C(C(N)=O)C(=O)[C@@H](N(C)C)[C@@H]3C[C@@H]1C2. The Morgan fingerprint density at radius 3 is 2.34 bits per heavy atom. The highest BCUT2D eigenvalue weighted by atomic mass is 19.1. The Kier molecular flexibility index (Phi) is 5.59. The van der Waals surface area contributed by atoms with Gasteiger partial charge in [-0.1, -0.05) is 0 Å². The standard InChI is InChI=1S/C27H28FN3O7/c1-30(2)19-12-6-5-11(28)9-13(12)21(32)17-14(19)7-10-8-15-20(31(3)4)23(34)18(26(29)37)25(36)27(15,38)24(35)16(10)22(17)33/h5-6,9-10,15,20,32-33,36,38H,7-8H2,1-4H3,(H2,29,37)/t10-,15-,20-,27-/m0/s1. The summed E-state index contributed by atoms with van der Waals surface area (Å²) in [5.74, 6) is -7.87. The molecule has 0 heterocycles. The summed E-state index contributed by atoms with van der Waals surface area (Å²) in [7, 11) is 6.60. The number of nitrogens with two attached hydrogens (primary N) is 1. The van der Waals surface area contributed by atoms with E-state index in [-0.39, 0.29) is 29.4 Å². The molecular weight excluding hydrogens is 497 g/mol. The van der Waals surface area contributed by atoms with Crippen molar-refractivity contribution in [2.45, 2.75) is 24.5 Å². The molecule has 0 unspecified atom stereocenters. The number of fused-ring (bicyclic) bond motifs is 4. The molecule has 0 aromatic heterocycles. The number of hydrogen-bond donors (Lipinski definition) is 5. The van der Waals surface area contributed by atoms with Crippen LogP contribution in [0.5, 0.6) is 5.75 Å². The molecule has 10 nitrogen and oxygen atoms in total. The number of likely N-dealkylation sites (N-methyl/N-ethyl adjacent to an activating group) is 1. The first kappa shape index (κ1) is 25.7. The van der Waals surface area contributed by atoms with Crippen LogP contribution < -0.4 is 10.6 Å². The first-order valence-electron chi connectivity index (χ1n) is 12.0. The number of primary amides is 1. The van der Waals surface area contributed by atoms with Crippen LogP contribution in [0.2, 0.25) is 0 Å². The van der Waals surface area contributed by atoms with Gasteiger partial charge in [0.2, 0.25) is 5.78 Å². The van der Waals surface area contributed by atoms with Crippen molar-refractivity contribution in [2.75, 3.05) is 33.1 Å². The maximum Gasteiger partial charge on any atom is 0.255 e. The van der Waals surface area contributed by atoms with Gasteiger partial charge in [0.1, 0.15) is 28.7 Å². The quantitative estimate of drug-likeness (QED) is 0.372. The van der Waals surface area contributed by atoms with Crippen LogP contribution in [-0.4, -0.2) is 82.6 Å². The molecule has 200 valence electrons. The van der Waals surface area contributed by atoms with Gasteiger partial charge in [-0.05, 0) is 56.6 Å². The predicted octanol–water partition coefficient (Wildman–Crippen LogP) is 1.32. The fourth-order valence-electron chi connectivity index (χ4n) is 6.57. The number of aromatic hydroxyl groups is 1. The molecule has 1 amide bonds. The maximum atomic E-state index is 14.1. The van der Waals surface area contributed by atoms with Crippen molar-refractivity contribution in [3.8, 4) is 5.75 Å². The van der Waals surface area contributed by atoms with Crippen molar-refractivity contribution in [2.24, 2.45) is 17.6 Å². The number of Topliss-reactive ketones (excluding diaryl/α,β-unsaturated/α-hetero) is 2. The molecule has 3 aliphatic rings. The number of benzene rings is 2. The molecule has 2 aromatic carbocycles. The number of aliphatic hydroxyl groups is 3. The summed E-state index contributed by atoms with van der Waals surface area (Å²) in [4.78, 5) is 42.4. The van der Waals surface area contributed by atoms with Crippen molar-refractivity contribution in [1.29, 1.82) is 0 Å². The summed E-state index contributed by atoms with van der Waals surface area (Å²) < 4.78 is 14.1. The molecule has 1 saturated carbocycles. The Morgan fingerprint density at radius 1 is 1.11 bits per heavy atom. The van der Waals surface area contributed by atoms with Crippen LogP contribution in [0.3, 0.4) is 0 Å². The van der Waals surface area contributed by atoms with Crippen LogP contribution in [-0.2, 0) is 20.8 Å². The van der Waals surface area contributed by atoms with E-state index in [0.29, 0.717) is 16.6 Å². The molecule has 0 aliphatic heterocycles. The van der Waals surface area contributed by atoms with E-state index < -0.39 is 69.6 Å². The average Bonchev–Trinajstić information content (AvgIpc) is 2.81. The summed E-state index contributed by atoms with van der Waals surface area (Å²) in [5, 5.41) is 45.9. The predicted molar refractivity (Wildman–Crippen MR) is 136 cm³/mol. The minimum absolute atomic E-state index is 0.0130. The Labute approximate surface area is 217 Å². The fourth-order valence-corrected chi connectivity index (χ4v) is 6.57. The summed E-state index contributed by atoms with van der Waals surface area (Å²) in [5.41, 5.74) is 2.54. The van der Waals surface area contributed by atoms with Crippen LogP contribution in [0.1, 0.15) is 17.5 Å². The zero-order valence-electron chi connectivity index (χ0n) is 21.2. The Balaban J connectivity index is 1.82. The molecule has 0 saturated heterocycles. The topological polar surface area (TPSA) is 165 Å². The number of phenols is 1. The molecule has 5 rings (SSSR count). The number of rotatable bonds is 3. The van der Waals surface area contributed by atoms with E-state index in [9.17, 15) is 39.2 Å². The average molecular weight is 526 g/mol. The van der Waals surface area contributed by atoms with E-state index in [4.69, 9.17) is 5.73 Å². The summed E-state index contributed by atoms with van der Waals surface area (Å²) in [6.07, 6.45) is 0.129. The lowest BCUT2D eigenvalue weighted by Gasteiger charge is -2.50. The van der Waals surface area contributed by atoms with E-state index in [1.807, 2.05) is 0 Å². The second-order valence-corrected chi connectivity index (χ2v) is 10.6. The third-order valence-electron chi connectivity index (χ3n) is 8.08. The third kappa shape index (κ3) is 3.15. The highest BCUT2D eigenvalue weighted by Crippen LogP contribution is 2.55. The number of hydrogen-bond acceptors (Lipinski definition) is 9. The van der Waals surface area contributed by atoms with Crippen molar-refractivity contribution >= 4 is 39.7 Å². The van der Waals surface area contributed by atoms with Gasteiger partial charge in [0.05, 0.1) is 11.6 Å². The lowest BCUT2D eigenvalue weighted by atomic mass is 9.57. The van der Waals surface area contributed by atoms with Crippen LogP contribution in [0.15, 0.2) is 35.1 Å². The lowest BCUT2D eigenvalue weighted by Crippen LogP contribution is -2.65. The van der Waals surface area contributed by atoms with Crippen LogP contribution in [0, 0.1) is 17.7 Å². The number of ketones is 2. The number of halogens is 1. The highest BCUT2D eigenvalue weighted by molar-refractivity contribution is 6.24. The van der Waals surface area contributed by atoms with Crippen molar-refractivity contribution in [1.82, 2.24) is 4.90 Å². The molecule has 38 heavy (non-hydrogen) atoms. The van der Waals surface area contributed by atoms with Gasteiger partial charge in [0, 0.05) is 42.0 Å². The van der Waals surface area contributed by atoms with Gasteiger partial charge in [0.15, 0.2) is 11.4 Å². The van der Waals surface area contributed by atoms with Gasteiger partial charge in [-0.3, -0.25) is 19.3 Å². The summed E-state index contributed by atoms with van der Waals surface area (Å²) in [6.45, 7) is 0. The third-order valence-corrected chi connectivity index (χ3v) is 8.08. The van der Waals surface area contributed by atoms with Crippen LogP contribution in [0.25, 0.3) is 16.5 Å². The summed E-state index contributed by atoms with van der Waals surface area (Å²) in [6, 6.07) is 2.75. The summed E-state index contributed by atoms with van der Waals surface area (Å²) >= 11 is 0. The Morgan fingerprint density at radius 2 is 1.76 bits per heavy atom. The van der Waals surface area contributed by atoms with E-state index in [1.54, 1.807) is 33.1 Å². The zero-order valence-corrected chi connectivity index (χ0v) is 21.2. The largest absolute Gasteiger partial charge is 0.508 e. The second kappa shape index (κ2) is 8.27. The van der Waals surface area contributed by atoms with Crippen LogP contribution >= 0.6 is 0 Å². The fraction of sp³-hybridized carbons (Fsp3) is 0.370. The normalized spacial score (nSPS) is 27.0. The first-order chi connectivity index (χ1) is 17.7. The molecule has 0 spiro atoms. The highest BCUT2D eigenvalue weighted by Gasteiger charge is 2.64.